The normalized spacial score (nSPS) is 18.4. The number of ether oxygens (including phenoxy) is 1. The number of nitrogens with one attached hydrogen (secondary N) is 1. The van der Waals surface area contributed by atoms with Crippen molar-refractivity contribution < 1.29 is 14.6 Å². The molecule has 1 fully saturated rings. The zero-order valence-corrected chi connectivity index (χ0v) is 13.5. The van der Waals surface area contributed by atoms with Gasteiger partial charge in [0.05, 0.1) is 13.2 Å². The van der Waals surface area contributed by atoms with Gasteiger partial charge in [0.15, 0.2) is 0 Å². The molecule has 0 radical (unpaired) electrons. The maximum absolute atomic E-state index is 12.0. The van der Waals surface area contributed by atoms with E-state index < -0.39 is 6.10 Å². The van der Waals surface area contributed by atoms with Crippen LogP contribution in [0.5, 0.6) is 5.75 Å². The average Bonchev–Trinajstić information content (AvgIpc) is 2.96. The monoisotopic (exact) mass is 312 g/mol. The number of aliphatic hydroxyl groups is 1. The van der Waals surface area contributed by atoms with Crippen molar-refractivity contribution in [1.29, 1.82) is 0 Å². The summed E-state index contributed by atoms with van der Waals surface area (Å²) < 4.78 is 5.12. The second-order valence-electron chi connectivity index (χ2n) is 5.67. The van der Waals surface area contributed by atoms with Crippen molar-refractivity contribution in [3.8, 4) is 5.75 Å². The van der Waals surface area contributed by atoms with Gasteiger partial charge in [0.1, 0.15) is 10.6 Å². The first-order chi connectivity index (χ1) is 10.1. The topological polar surface area (TPSA) is 61.8 Å². The van der Waals surface area contributed by atoms with Crippen molar-refractivity contribution in [2.24, 2.45) is 5.92 Å². The summed E-state index contributed by atoms with van der Waals surface area (Å²) in [7, 11) is 1.55. The summed E-state index contributed by atoms with van der Waals surface area (Å²) >= 11 is 1.34. The third kappa shape index (κ3) is 4.69. The Morgan fingerprint density at radius 3 is 2.95 bits per heavy atom. The SMILES string of the molecule is COc1ccsc1C(=O)NC[C@H](O)CN1CCC(C)CC1. The molecule has 1 aromatic rings. The molecular formula is C15H24N2O3S. The van der Waals surface area contributed by atoms with Gasteiger partial charge in [0.2, 0.25) is 0 Å². The Kier molecular flexibility index (Phi) is 6.02. The Bertz CT molecular complexity index is 456. The number of likely N-dealkylation sites (tertiary alicyclic amines) is 1. The van der Waals surface area contributed by atoms with Crippen molar-refractivity contribution >= 4 is 17.2 Å². The number of hydrogen-bond donors (Lipinski definition) is 2. The molecule has 1 aromatic heterocycles. The minimum absolute atomic E-state index is 0.187. The average molecular weight is 312 g/mol. The van der Waals surface area contributed by atoms with Crippen LogP contribution in [0.15, 0.2) is 11.4 Å². The van der Waals surface area contributed by atoms with Crippen LogP contribution in [0.2, 0.25) is 0 Å². The molecule has 0 aliphatic carbocycles. The maximum atomic E-state index is 12.0. The number of thiophene rings is 1. The van der Waals surface area contributed by atoms with Crippen LogP contribution < -0.4 is 10.1 Å². The first kappa shape index (κ1) is 16.3. The number of hydrogen-bond acceptors (Lipinski definition) is 5. The van der Waals surface area contributed by atoms with Crippen molar-refractivity contribution in [2.75, 3.05) is 33.3 Å². The highest BCUT2D eigenvalue weighted by Gasteiger charge is 2.19. The standard InChI is InChI=1S/C15H24N2O3S/c1-11-3-6-17(7-4-11)10-12(18)9-16-15(19)14-13(20-2)5-8-21-14/h5,8,11-12,18H,3-4,6-7,9-10H2,1-2H3,(H,16,19)/t12-/m0/s1. The van der Waals surface area contributed by atoms with Crippen LogP contribution in [0, 0.1) is 5.92 Å². The number of aliphatic hydroxyl groups excluding tert-OH is 1. The number of carbonyl (C=O) groups is 1. The molecule has 5 nitrogen and oxygen atoms in total. The van der Waals surface area contributed by atoms with E-state index in [2.05, 4.69) is 17.1 Å². The summed E-state index contributed by atoms with van der Waals surface area (Å²) in [5, 5.41) is 14.6. The van der Waals surface area contributed by atoms with Gasteiger partial charge in [-0.25, -0.2) is 0 Å². The van der Waals surface area contributed by atoms with E-state index in [0.29, 0.717) is 17.2 Å². The first-order valence-electron chi connectivity index (χ1n) is 7.40. The number of β-amino-alcohol motifs (C(OH)–C–C–N with tert-alkyl or cyclic N) is 1. The number of nitrogens with zero attached hydrogens (tertiary/aromatic N) is 1. The molecule has 1 amide bonds. The zero-order valence-electron chi connectivity index (χ0n) is 12.7. The number of piperidine rings is 1. The lowest BCUT2D eigenvalue weighted by Crippen LogP contribution is -2.42. The van der Waals surface area contributed by atoms with Crippen LogP contribution in [0.4, 0.5) is 0 Å². The van der Waals surface area contributed by atoms with Crippen molar-refractivity contribution in [3.63, 3.8) is 0 Å². The van der Waals surface area contributed by atoms with Gasteiger partial charge in [-0.1, -0.05) is 6.92 Å². The third-order valence-corrected chi connectivity index (χ3v) is 4.79. The molecule has 0 spiro atoms. The molecule has 0 saturated carbocycles. The van der Waals surface area contributed by atoms with Gasteiger partial charge in [0.25, 0.3) is 5.91 Å². The Hall–Kier alpha value is -1.11. The highest BCUT2D eigenvalue weighted by atomic mass is 32.1. The fourth-order valence-corrected chi connectivity index (χ4v) is 3.30. The highest BCUT2D eigenvalue weighted by molar-refractivity contribution is 7.12. The third-order valence-electron chi connectivity index (χ3n) is 3.90. The number of carbonyl (C=O) groups excluding carboxylic acids is 1. The summed E-state index contributed by atoms with van der Waals surface area (Å²) in [5.41, 5.74) is 0. The molecule has 118 valence electrons. The number of amides is 1. The van der Waals surface area contributed by atoms with Crippen molar-refractivity contribution in [2.45, 2.75) is 25.9 Å². The summed E-state index contributed by atoms with van der Waals surface area (Å²) in [4.78, 5) is 14.8. The van der Waals surface area contributed by atoms with Gasteiger partial charge < -0.3 is 20.1 Å². The highest BCUT2D eigenvalue weighted by Crippen LogP contribution is 2.24. The molecule has 0 aromatic carbocycles. The van der Waals surface area contributed by atoms with E-state index >= 15 is 0 Å². The van der Waals surface area contributed by atoms with E-state index in [-0.39, 0.29) is 12.5 Å². The minimum Gasteiger partial charge on any atom is -0.495 e. The van der Waals surface area contributed by atoms with Crippen LogP contribution in [0.1, 0.15) is 29.4 Å². The molecule has 6 heteroatoms. The molecule has 1 saturated heterocycles. The largest absolute Gasteiger partial charge is 0.495 e. The van der Waals surface area contributed by atoms with Gasteiger partial charge in [0, 0.05) is 13.1 Å². The molecule has 0 unspecified atom stereocenters. The fraction of sp³-hybridized carbons (Fsp3) is 0.667. The molecule has 21 heavy (non-hydrogen) atoms. The van der Waals surface area contributed by atoms with E-state index in [4.69, 9.17) is 4.74 Å². The Morgan fingerprint density at radius 1 is 1.57 bits per heavy atom. The lowest BCUT2D eigenvalue weighted by atomic mass is 9.99. The lowest BCUT2D eigenvalue weighted by molar-refractivity contribution is 0.0796. The van der Waals surface area contributed by atoms with Crippen LogP contribution in [0.3, 0.4) is 0 Å². The lowest BCUT2D eigenvalue weighted by Gasteiger charge is -2.31. The maximum Gasteiger partial charge on any atom is 0.265 e. The van der Waals surface area contributed by atoms with Gasteiger partial charge in [-0.05, 0) is 43.3 Å². The molecule has 2 rings (SSSR count). The van der Waals surface area contributed by atoms with E-state index in [0.717, 1.165) is 19.0 Å². The summed E-state index contributed by atoms with van der Waals surface area (Å²) in [5.74, 6) is 1.18. The summed E-state index contributed by atoms with van der Waals surface area (Å²) in [6.07, 6.45) is 1.84. The Balaban J connectivity index is 1.73. The van der Waals surface area contributed by atoms with E-state index in [1.54, 1.807) is 13.2 Å². The van der Waals surface area contributed by atoms with Crippen molar-refractivity contribution in [3.05, 3.63) is 16.3 Å². The predicted molar refractivity (Wildman–Crippen MR) is 84.0 cm³/mol. The molecule has 1 atom stereocenters. The van der Waals surface area contributed by atoms with Crippen LogP contribution in [-0.2, 0) is 0 Å². The number of methoxy groups -OCH3 is 1. The Morgan fingerprint density at radius 2 is 2.29 bits per heavy atom. The first-order valence-corrected chi connectivity index (χ1v) is 8.28. The summed E-state index contributed by atoms with van der Waals surface area (Å²) in [6.45, 7) is 5.22. The van der Waals surface area contributed by atoms with Crippen LogP contribution >= 0.6 is 11.3 Å². The molecule has 0 bridgehead atoms. The summed E-state index contributed by atoms with van der Waals surface area (Å²) in [6, 6.07) is 1.77. The van der Waals surface area contributed by atoms with Gasteiger partial charge in [-0.2, -0.15) is 0 Å². The smallest absolute Gasteiger partial charge is 0.265 e. The van der Waals surface area contributed by atoms with Gasteiger partial charge in [-0.15, -0.1) is 11.3 Å². The zero-order chi connectivity index (χ0) is 15.2. The fourth-order valence-electron chi connectivity index (χ4n) is 2.52. The number of rotatable bonds is 6. The van der Waals surface area contributed by atoms with Gasteiger partial charge in [-0.3, -0.25) is 4.79 Å². The molecule has 2 N–H and O–H groups in total. The van der Waals surface area contributed by atoms with Crippen LogP contribution in [0.25, 0.3) is 0 Å². The predicted octanol–water partition coefficient (Wildman–Crippen LogP) is 1.58. The van der Waals surface area contributed by atoms with Crippen molar-refractivity contribution in [1.82, 2.24) is 10.2 Å². The second kappa shape index (κ2) is 7.77. The molecule has 2 heterocycles. The minimum atomic E-state index is -0.534. The van der Waals surface area contributed by atoms with E-state index in [9.17, 15) is 9.90 Å². The molecule has 1 aliphatic heterocycles. The molecular weight excluding hydrogens is 288 g/mol. The second-order valence-corrected chi connectivity index (χ2v) is 6.58. The van der Waals surface area contributed by atoms with E-state index in [1.165, 1.54) is 24.2 Å². The molecule has 1 aliphatic rings. The van der Waals surface area contributed by atoms with Crippen LogP contribution in [-0.4, -0.2) is 55.3 Å². The van der Waals surface area contributed by atoms with Gasteiger partial charge >= 0.3 is 0 Å². The quantitative estimate of drug-likeness (QED) is 0.837. The van der Waals surface area contributed by atoms with E-state index in [1.807, 2.05) is 5.38 Å². The Labute approximate surface area is 129 Å².